The number of rotatable bonds is 2. The second-order valence-corrected chi connectivity index (χ2v) is 5.92. The van der Waals surface area contributed by atoms with Crippen LogP contribution in [0.1, 0.15) is 49.1 Å². The normalized spacial score (nSPS) is 16.9. The molecule has 0 radical (unpaired) electrons. The molecule has 0 atom stereocenters. The molecule has 2 heteroatoms. The summed E-state index contributed by atoms with van der Waals surface area (Å²) in [6.07, 6.45) is 6.63. The number of halogens is 1. The molecule has 19 heavy (non-hydrogen) atoms. The number of hydrogen-bond donors (Lipinski definition) is 1. The maximum absolute atomic E-state index is 6.33. The van der Waals surface area contributed by atoms with Crippen LogP contribution in [-0.2, 0) is 6.54 Å². The molecule has 1 nitrogen and oxygen atoms in total. The molecule has 0 aromatic heterocycles. The second kappa shape index (κ2) is 5.52. The van der Waals surface area contributed by atoms with Gasteiger partial charge in [0.1, 0.15) is 0 Å². The zero-order valence-corrected chi connectivity index (χ0v) is 11.9. The zero-order valence-electron chi connectivity index (χ0n) is 11.2. The van der Waals surface area contributed by atoms with Gasteiger partial charge in [0.2, 0.25) is 0 Å². The van der Waals surface area contributed by atoms with E-state index in [2.05, 4.69) is 24.3 Å². The van der Waals surface area contributed by atoms with Crippen molar-refractivity contribution in [2.24, 2.45) is 5.73 Å². The third kappa shape index (κ3) is 2.37. The van der Waals surface area contributed by atoms with Crippen LogP contribution in [0.3, 0.4) is 0 Å². The highest BCUT2D eigenvalue weighted by Gasteiger charge is 2.20. The summed E-state index contributed by atoms with van der Waals surface area (Å²) in [6, 6.07) is 10.5. The first kappa shape index (κ1) is 13.0. The van der Waals surface area contributed by atoms with E-state index < -0.39 is 0 Å². The lowest BCUT2D eigenvalue weighted by atomic mass is 9.80. The molecule has 0 spiro atoms. The highest BCUT2D eigenvalue weighted by Crippen LogP contribution is 2.39. The third-order valence-corrected chi connectivity index (χ3v) is 4.70. The average molecular weight is 274 g/mol. The van der Waals surface area contributed by atoms with Gasteiger partial charge in [0.05, 0.1) is 0 Å². The van der Waals surface area contributed by atoms with Gasteiger partial charge in [0.15, 0.2) is 0 Å². The van der Waals surface area contributed by atoms with Crippen LogP contribution in [0.2, 0.25) is 5.02 Å². The zero-order chi connectivity index (χ0) is 13.2. The summed E-state index contributed by atoms with van der Waals surface area (Å²) in [7, 11) is 0. The van der Waals surface area contributed by atoms with E-state index in [4.69, 9.17) is 17.3 Å². The number of fused-ring (bicyclic) bond motifs is 1. The fourth-order valence-electron chi connectivity index (χ4n) is 3.44. The Morgan fingerprint density at radius 1 is 1.00 bits per heavy atom. The van der Waals surface area contributed by atoms with Crippen LogP contribution >= 0.6 is 11.6 Å². The van der Waals surface area contributed by atoms with Crippen molar-refractivity contribution in [3.05, 3.63) is 46.5 Å². The van der Waals surface area contributed by atoms with Crippen LogP contribution in [0, 0.1) is 0 Å². The molecule has 3 rings (SSSR count). The van der Waals surface area contributed by atoms with E-state index in [1.807, 2.05) is 6.07 Å². The van der Waals surface area contributed by atoms with Gasteiger partial charge in [-0.25, -0.2) is 0 Å². The predicted molar refractivity (Wildman–Crippen MR) is 82.7 cm³/mol. The average Bonchev–Trinajstić information content (AvgIpc) is 2.47. The van der Waals surface area contributed by atoms with Crippen LogP contribution in [0.5, 0.6) is 0 Å². The maximum atomic E-state index is 6.33. The molecule has 2 aromatic rings. The quantitative estimate of drug-likeness (QED) is 0.819. The fraction of sp³-hybridized carbons (Fsp3) is 0.412. The molecule has 1 aliphatic carbocycles. The van der Waals surface area contributed by atoms with Crippen LogP contribution in [0.25, 0.3) is 10.8 Å². The first-order valence-electron chi connectivity index (χ1n) is 7.21. The second-order valence-electron chi connectivity index (χ2n) is 5.51. The molecule has 0 saturated heterocycles. The Balaban J connectivity index is 2.20. The molecule has 2 N–H and O–H groups in total. The van der Waals surface area contributed by atoms with Gasteiger partial charge in [-0.05, 0) is 41.3 Å². The van der Waals surface area contributed by atoms with Crippen molar-refractivity contribution < 1.29 is 0 Å². The molecular formula is C17H20ClN. The van der Waals surface area contributed by atoms with Crippen molar-refractivity contribution >= 4 is 22.4 Å². The molecule has 0 unspecified atom stereocenters. The van der Waals surface area contributed by atoms with Gasteiger partial charge < -0.3 is 5.73 Å². The largest absolute Gasteiger partial charge is 0.326 e. The topological polar surface area (TPSA) is 26.0 Å². The van der Waals surface area contributed by atoms with E-state index in [0.29, 0.717) is 12.5 Å². The molecular weight excluding hydrogens is 254 g/mol. The molecule has 0 aliphatic heterocycles. The van der Waals surface area contributed by atoms with Gasteiger partial charge >= 0.3 is 0 Å². The Hall–Kier alpha value is -1.05. The Kier molecular flexibility index (Phi) is 3.76. The molecule has 1 fully saturated rings. The summed E-state index contributed by atoms with van der Waals surface area (Å²) in [5, 5.41) is 3.32. The van der Waals surface area contributed by atoms with E-state index in [-0.39, 0.29) is 0 Å². The Morgan fingerprint density at radius 3 is 2.53 bits per heavy atom. The van der Waals surface area contributed by atoms with Crippen molar-refractivity contribution in [2.75, 3.05) is 0 Å². The maximum Gasteiger partial charge on any atom is 0.0484 e. The van der Waals surface area contributed by atoms with Gasteiger partial charge in [0.25, 0.3) is 0 Å². The van der Waals surface area contributed by atoms with Crippen LogP contribution in [0.15, 0.2) is 30.3 Å². The summed E-state index contributed by atoms with van der Waals surface area (Å²) in [6.45, 7) is 0.619. The van der Waals surface area contributed by atoms with Crippen molar-refractivity contribution in [1.82, 2.24) is 0 Å². The summed E-state index contributed by atoms with van der Waals surface area (Å²) < 4.78 is 0. The summed E-state index contributed by atoms with van der Waals surface area (Å²) in [5.41, 5.74) is 8.71. The fourth-order valence-corrected chi connectivity index (χ4v) is 3.68. The minimum atomic E-state index is 0.619. The smallest absolute Gasteiger partial charge is 0.0484 e. The lowest BCUT2D eigenvalue weighted by Crippen LogP contribution is -2.10. The van der Waals surface area contributed by atoms with Crippen molar-refractivity contribution in [3.8, 4) is 0 Å². The van der Waals surface area contributed by atoms with Gasteiger partial charge in [-0.2, -0.15) is 0 Å². The molecule has 1 saturated carbocycles. The predicted octanol–water partition coefficient (Wildman–Crippen LogP) is 5.00. The first-order chi connectivity index (χ1) is 9.31. The Labute approximate surface area is 119 Å². The van der Waals surface area contributed by atoms with E-state index >= 15 is 0 Å². The standard InChI is InChI=1S/C17H20ClN/c18-16-8-4-7-15-14(16)10-9-13(11-19)17(15)12-5-2-1-3-6-12/h4,7-10,12H,1-3,5-6,11,19H2. The number of nitrogens with two attached hydrogens (primary N) is 1. The number of hydrogen-bond acceptors (Lipinski definition) is 1. The lowest BCUT2D eigenvalue weighted by molar-refractivity contribution is 0.443. The van der Waals surface area contributed by atoms with Crippen molar-refractivity contribution in [1.29, 1.82) is 0 Å². The summed E-state index contributed by atoms with van der Waals surface area (Å²) in [4.78, 5) is 0. The molecule has 0 amide bonds. The highest BCUT2D eigenvalue weighted by molar-refractivity contribution is 6.35. The van der Waals surface area contributed by atoms with Crippen LogP contribution < -0.4 is 5.73 Å². The summed E-state index contributed by atoms with van der Waals surface area (Å²) >= 11 is 6.33. The van der Waals surface area contributed by atoms with Gasteiger partial charge in [-0.3, -0.25) is 0 Å². The van der Waals surface area contributed by atoms with Crippen LogP contribution in [0.4, 0.5) is 0 Å². The lowest BCUT2D eigenvalue weighted by Gasteiger charge is -2.26. The third-order valence-electron chi connectivity index (χ3n) is 4.37. The first-order valence-corrected chi connectivity index (χ1v) is 7.59. The van der Waals surface area contributed by atoms with E-state index in [0.717, 1.165) is 5.02 Å². The van der Waals surface area contributed by atoms with E-state index in [1.54, 1.807) is 0 Å². The number of benzene rings is 2. The SMILES string of the molecule is NCc1ccc2c(Cl)cccc2c1C1CCCCC1. The summed E-state index contributed by atoms with van der Waals surface area (Å²) in [5.74, 6) is 0.662. The molecule has 0 heterocycles. The minimum Gasteiger partial charge on any atom is -0.326 e. The van der Waals surface area contributed by atoms with Gasteiger partial charge in [-0.15, -0.1) is 0 Å². The van der Waals surface area contributed by atoms with Crippen LogP contribution in [-0.4, -0.2) is 0 Å². The van der Waals surface area contributed by atoms with E-state index in [1.165, 1.54) is 54.0 Å². The van der Waals surface area contributed by atoms with Crippen molar-refractivity contribution in [2.45, 2.75) is 44.6 Å². The Morgan fingerprint density at radius 2 is 1.79 bits per heavy atom. The molecule has 0 bridgehead atoms. The molecule has 2 aromatic carbocycles. The molecule has 100 valence electrons. The van der Waals surface area contributed by atoms with Gasteiger partial charge in [-0.1, -0.05) is 55.1 Å². The van der Waals surface area contributed by atoms with E-state index in [9.17, 15) is 0 Å². The highest BCUT2D eigenvalue weighted by atomic mass is 35.5. The van der Waals surface area contributed by atoms with Crippen molar-refractivity contribution in [3.63, 3.8) is 0 Å². The monoisotopic (exact) mass is 273 g/mol. The minimum absolute atomic E-state index is 0.619. The molecule has 1 aliphatic rings. The Bertz CT molecular complexity index is 585. The van der Waals surface area contributed by atoms with Gasteiger partial charge in [0, 0.05) is 17.0 Å².